The number of carbonyl (C=O) groups is 1. The van der Waals surface area contributed by atoms with Crippen LogP contribution >= 0.6 is 0 Å². The summed E-state index contributed by atoms with van der Waals surface area (Å²) in [5, 5.41) is 12.5. The highest BCUT2D eigenvalue weighted by atomic mass is 16.5. The molecule has 0 fully saturated rings. The molecule has 1 aliphatic rings. The molecule has 0 bridgehead atoms. The highest BCUT2D eigenvalue weighted by Gasteiger charge is 2.31. The van der Waals surface area contributed by atoms with Gasteiger partial charge in [-0.15, -0.1) is 0 Å². The van der Waals surface area contributed by atoms with E-state index >= 15 is 0 Å². The molecule has 0 spiro atoms. The first-order chi connectivity index (χ1) is 8.67. The Bertz CT molecular complexity index is 445. The molecule has 98 valence electrons. The Kier molecular flexibility index (Phi) is 3.87. The maximum atomic E-state index is 11.3. The third-order valence-electron chi connectivity index (χ3n) is 3.37. The second-order valence-electron chi connectivity index (χ2n) is 4.50. The van der Waals surface area contributed by atoms with E-state index in [0.717, 1.165) is 29.7 Å². The summed E-state index contributed by atoms with van der Waals surface area (Å²) in [6.45, 7) is 4.59. The van der Waals surface area contributed by atoms with E-state index in [2.05, 4.69) is 12.2 Å². The standard InChI is InChI=1S/C14H19NO3/c1-3-9-8-11-10(13(15-9)14(16)17)6-5-7-12(11)18-4-2/h5-7,9,13,15H,3-4,8H2,1-2H3,(H,16,17). The second kappa shape index (κ2) is 5.40. The van der Waals surface area contributed by atoms with E-state index in [1.165, 1.54) is 0 Å². The van der Waals surface area contributed by atoms with Gasteiger partial charge in [-0.3, -0.25) is 10.1 Å². The number of aliphatic carboxylic acids is 1. The molecular formula is C14H19NO3. The molecule has 1 heterocycles. The van der Waals surface area contributed by atoms with Crippen molar-refractivity contribution in [1.82, 2.24) is 5.32 Å². The van der Waals surface area contributed by atoms with E-state index < -0.39 is 12.0 Å². The van der Waals surface area contributed by atoms with Crippen LogP contribution in [0.5, 0.6) is 5.75 Å². The number of nitrogens with one attached hydrogen (secondary N) is 1. The zero-order valence-electron chi connectivity index (χ0n) is 10.8. The van der Waals surface area contributed by atoms with E-state index in [0.29, 0.717) is 6.61 Å². The second-order valence-corrected chi connectivity index (χ2v) is 4.50. The average Bonchev–Trinajstić information content (AvgIpc) is 2.38. The molecule has 4 heteroatoms. The number of fused-ring (bicyclic) bond motifs is 1. The van der Waals surface area contributed by atoms with Crippen LogP contribution in [-0.4, -0.2) is 23.7 Å². The van der Waals surface area contributed by atoms with Crippen molar-refractivity contribution >= 4 is 5.97 Å². The molecule has 18 heavy (non-hydrogen) atoms. The Morgan fingerprint density at radius 2 is 2.28 bits per heavy atom. The summed E-state index contributed by atoms with van der Waals surface area (Å²) in [5.74, 6) is -0.00996. The van der Waals surface area contributed by atoms with Crippen molar-refractivity contribution in [3.63, 3.8) is 0 Å². The molecule has 1 aromatic rings. The summed E-state index contributed by atoms with van der Waals surface area (Å²) in [5.41, 5.74) is 1.87. The average molecular weight is 249 g/mol. The quantitative estimate of drug-likeness (QED) is 0.858. The lowest BCUT2D eigenvalue weighted by molar-refractivity contribution is -0.140. The van der Waals surface area contributed by atoms with Crippen molar-refractivity contribution in [1.29, 1.82) is 0 Å². The van der Waals surface area contributed by atoms with Gasteiger partial charge in [-0.1, -0.05) is 19.1 Å². The molecule has 0 aromatic heterocycles. The van der Waals surface area contributed by atoms with E-state index in [4.69, 9.17) is 4.74 Å². The van der Waals surface area contributed by atoms with Crippen molar-refractivity contribution in [2.24, 2.45) is 0 Å². The largest absolute Gasteiger partial charge is 0.494 e. The SMILES string of the molecule is CCOc1cccc2c1CC(CC)NC2C(=O)O. The van der Waals surface area contributed by atoms with Crippen molar-refractivity contribution in [3.05, 3.63) is 29.3 Å². The Labute approximate surface area is 107 Å². The minimum Gasteiger partial charge on any atom is -0.494 e. The molecule has 0 saturated carbocycles. The van der Waals surface area contributed by atoms with Gasteiger partial charge in [0.05, 0.1) is 6.61 Å². The Morgan fingerprint density at radius 1 is 1.50 bits per heavy atom. The third kappa shape index (κ3) is 2.34. The van der Waals surface area contributed by atoms with Crippen LogP contribution in [0.15, 0.2) is 18.2 Å². The summed E-state index contributed by atoms with van der Waals surface area (Å²) >= 11 is 0. The molecule has 0 amide bonds. The Hall–Kier alpha value is -1.55. The van der Waals surface area contributed by atoms with Crippen LogP contribution in [0.1, 0.15) is 37.4 Å². The zero-order chi connectivity index (χ0) is 13.1. The molecule has 2 N–H and O–H groups in total. The van der Waals surface area contributed by atoms with Gasteiger partial charge in [0.25, 0.3) is 0 Å². The maximum absolute atomic E-state index is 11.3. The van der Waals surface area contributed by atoms with Gasteiger partial charge < -0.3 is 9.84 Å². The van der Waals surface area contributed by atoms with Gasteiger partial charge in [0.1, 0.15) is 11.8 Å². The van der Waals surface area contributed by atoms with Crippen LogP contribution in [0.25, 0.3) is 0 Å². The molecule has 2 rings (SSSR count). The molecular weight excluding hydrogens is 230 g/mol. The summed E-state index contributed by atoms with van der Waals surface area (Å²) in [6, 6.07) is 5.21. The Balaban J connectivity index is 2.44. The first-order valence-corrected chi connectivity index (χ1v) is 6.40. The first kappa shape index (κ1) is 12.9. The van der Waals surface area contributed by atoms with Crippen LogP contribution in [-0.2, 0) is 11.2 Å². The van der Waals surface area contributed by atoms with Crippen molar-refractivity contribution < 1.29 is 14.6 Å². The number of hydrogen-bond donors (Lipinski definition) is 2. The number of benzene rings is 1. The van der Waals surface area contributed by atoms with Gasteiger partial charge in [0.2, 0.25) is 0 Å². The molecule has 0 saturated heterocycles. The van der Waals surface area contributed by atoms with Gasteiger partial charge in [-0.2, -0.15) is 0 Å². The lowest BCUT2D eigenvalue weighted by Crippen LogP contribution is -2.42. The highest BCUT2D eigenvalue weighted by molar-refractivity contribution is 5.77. The number of ether oxygens (including phenoxy) is 1. The monoisotopic (exact) mass is 249 g/mol. The van der Waals surface area contributed by atoms with Gasteiger partial charge in [0.15, 0.2) is 0 Å². The van der Waals surface area contributed by atoms with E-state index in [1.54, 1.807) is 0 Å². The Morgan fingerprint density at radius 3 is 2.89 bits per heavy atom. The smallest absolute Gasteiger partial charge is 0.325 e. The molecule has 1 aromatic carbocycles. The minimum absolute atomic E-state index is 0.195. The van der Waals surface area contributed by atoms with E-state index in [1.807, 2.05) is 25.1 Å². The summed E-state index contributed by atoms with van der Waals surface area (Å²) in [6.07, 6.45) is 1.73. The zero-order valence-corrected chi connectivity index (χ0v) is 10.8. The van der Waals surface area contributed by atoms with Crippen LogP contribution in [0.2, 0.25) is 0 Å². The third-order valence-corrected chi connectivity index (χ3v) is 3.37. The topological polar surface area (TPSA) is 58.6 Å². The number of carboxylic acids is 1. The predicted molar refractivity (Wildman–Crippen MR) is 68.9 cm³/mol. The summed E-state index contributed by atoms with van der Waals surface area (Å²) in [4.78, 5) is 11.3. The number of rotatable bonds is 4. The maximum Gasteiger partial charge on any atom is 0.325 e. The van der Waals surface area contributed by atoms with Crippen molar-refractivity contribution in [2.75, 3.05) is 6.61 Å². The molecule has 2 unspecified atom stereocenters. The fourth-order valence-electron chi connectivity index (χ4n) is 2.46. The van der Waals surface area contributed by atoms with E-state index in [9.17, 15) is 9.90 Å². The predicted octanol–water partition coefficient (Wildman–Crippen LogP) is 2.14. The number of hydrogen-bond acceptors (Lipinski definition) is 3. The molecule has 1 aliphatic heterocycles. The fraction of sp³-hybridized carbons (Fsp3) is 0.500. The molecule has 2 atom stereocenters. The van der Waals surface area contributed by atoms with Gasteiger partial charge >= 0.3 is 5.97 Å². The first-order valence-electron chi connectivity index (χ1n) is 6.40. The molecule has 0 radical (unpaired) electrons. The molecule has 0 aliphatic carbocycles. The number of carboxylic acid groups (broad SMARTS) is 1. The fourth-order valence-corrected chi connectivity index (χ4v) is 2.46. The molecule has 4 nitrogen and oxygen atoms in total. The van der Waals surface area contributed by atoms with Gasteiger partial charge in [-0.25, -0.2) is 0 Å². The van der Waals surface area contributed by atoms with E-state index in [-0.39, 0.29) is 6.04 Å². The highest BCUT2D eigenvalue weighted by Crippen LogP contribution is 2.33. The van der Waals surface area contributed by atoms with Crippen LogP contribution in [0.3, 0.4) is 0 Å². The van der Waals surface area contributed by atoms with Crippen LogP contribution in [0.4, 0.5) is 0 Å². The van der Waals surface area contributed by atoms with Crippen LogP contribution in [0, 0.1) is 0 Å². The van der Waals surface area contributed by atoms with Crippen molar-refractivity contribution in [3.8, 4) is 5.75 Å². The normalized spacial score (nSPS) is 22.3. The summed E-state index contributed by atoms with van der Waals surface area (Å²) < 4.78 is 5.60. The summed E-state index contributed by atoms with van der Waals surface area (Å²) in [7, 11) is 0. The lowest BCUT2D eigenvalue weighted by atomic mass is 9.88. The van der Waals surface area contributed by atoms with Crippen LogP contribution < -0.4 is 10.1 Å². The van der Waals surface area contributed by atoms with Gasteiger partial charge in [-0.05, 0) is 31.4 Å². The van der Waals surface area contributed by atoms with Crippen molar-refractivity contribution in [2.45, 2.75) is 38.8 Å². The lowest BCUT2D eigenvalue weighted by Gasteiger charge is -2.31. The van der Waals surface area contributed by atoms with Gasteiger partial charge in [0, 0.05) is 11.6 Å². The minimum atomic E-state index is -0.831.